The Morgan fingerprint density at radius 2 is 2.21 bits per heavy atom. The molecule has 0 aliphatic carbocycles. The van der Waals surface area contributed by atoms with E-state index in [4.69, 9.17) is 0 Å². The summed E-state index contributed by atoms with van der Waals surface area (Å²) in [7, 11) is 2.05. The predicted octanol–water partition coefficient (Wildman–Crippen LogP) is 1.95. The molecular formula is C15H26N4. The number of nitrogens with one attached hydrogen (secondary N) is 1. The van der Waals surface area contributed by atoms with Gasteiger partial charge in [-0.25, -0.2) is 0 Å². The molecule has 3 heterocycles. The predicted molar refractivity (Wildman–Crippen MR) is 77.0 cm³/mol. The molecule has 1 aromatic rings. The first-order chi connectivity index (χ1) is 9.20. The lowest BCUT2D eigenvalue weighted by atomic mass is 9.74. The summed E-state index contributed by atoms with van der Waals surface area (Å²) < 4.78 is 2.02. The Morgan fingerprint density at radius 1 is 1.37 bits per heavy atom. The van der Waals surface area contributed by atoms with Crippen molar-refractivity contribution in [3.8, 4) is 0 Å². The minimum atomic E-state index is 0.478. The minimum absolute atomic E-state index is 0.478. The maximum Gasteiger partial charge on any atom is 0.0549 e. The van der Waals surface area contributed by atoms with Gasteiger partial charge in [0.05, 0.1) is 5.69 Å². The van der Waals surface area contributed by atoms with Crippen molar-refractivity contribution in [1.29, 1.82) is 0 Å². The van der Waals surface area contributed by atoms with E-state index in [2.05, 4.69) is 28.3 Å². The third-order valence-electron chi connectivity index (χ3n) is 5.09. The van der Waals surface area contributed by atoms with E-state index in [9.17, 15) is 0 Å². The number of hydrogen-bond acceptors (Lipinski definition) is 3. The topological polar surface area (TPSA) is 33.1 Å². The lowest BCUT2D eigenvalue weighted by molar-refractivity contribution is 0.0396. The summed E-state index contributed by atoms with van der Waals surface area (Å²) in [5.74, 6) is 0. The van der Waals surface area contributed by atoms with Crippen molar-refractivity contribution in [2.24, 2.45) is 12.5 Å². The van der Waals surface area contributed by atoms with Gasteiger partial charge in [0.15, 0.2) is 0 Å². The van der Waals surface area contributed by atoms with Gasteiger partial charge in [0, 0.05) is 32.4 Å². The van der Waals surface area contributed by atoms with E-state index in [1.54, 1.807) is 0 Å². The Bertz CT molecular complexity index is 414. The molecule has 0 bridgehead atoms. The van der Waals surface area contributed by atoms with Gasteiger partial charge in [-0.1, -0.05) is 0 Å². The Balaban J connectivity index is 1.72. The average Bonchev–Trinajstić information content (AvgIpc) is 2.85. The van der Waals surface area contributed by atoms with Crippen LogP contribution in [0.5, 0.6) is 0 Å². The number of rotatable bonds is 2. The van der Waals surface area contributed by atoms with Crippen LogP contribution in [0.25, 0.3) is 0 Å². The molecule has 2 unspecified atom stereocenters. The van der Waals surface area contributed by atoms with Crippen molar-refractivity contribution in [3.63, 3.8) is 0 Å². The molecule has 1 spiro atoms. The van der Waals surface area contributed by atoms with Crippen LogP contribution in [0.1, 0.15) is 44.3 Å². The average molecular weight is 262 g/mol. The maximum absolute atomic E-state index is 4.31. The standard InChI is InChI=1S/C15H26N4/c1-13(14-5-9-17-18(14)2)19-10-4-7-15(12-19)6-3-8-16-11-15/h5,9,13,16H,3-4,6-8,10-12H2,1-2H3. The second-order valence-corrected chi connectivity index (χ2v) is 6.41. The SMILES string of the molecule is CC(c1ccnn1C)N1CCCC2(CCCNC2)C1. The number of aryl methyl sites for hydroxylation is 1. The molecule has 2 atom stereocenters. The van der Waals surface area contributed by atoms with Gasteiger partial charge in [0.25, 0.3) is 0 Å². The highest BCUT2D eigenvalue weighted by atomic mass is 15.3. The van der Waals surface area contributed by atoms with Crippen LogP contribution in [-0.4, -0.2) is 40.9 Å². The highest BCUT2D eigenvalue weighted by Gasteiger charge is 2.38. The van der Waals surface area contributed by atoms with Crippen LogP contribution >= 0.6 is 0 Å². The quantitative estimate of drug-likeness (QED) is 0.884. The zero-order valence-electron chi connectivity index (χ0n) is 12.2. The molecule has 19 heavy (non-hydrogen) atoms. The number of likely N-dealkylation sites (tertiary alicyclic amines) is 1. The van der Waals surface area contributed by atoms with Crippen molar-refractivity contribution in [2.45, 2.75) is 38.6 Å². The van der Waals surface area contributed by atoms with Crippen LogP contribution < -0.4 is 5.32 Å². The third-order valence-corrected chi connectivity index (χ3v) is 5.09. The van der Waals surface area contributed by atoms with E-state index in [0.29, 0.717) is 11.5 Å². The first kappa shape index (κ1) is 13.1. The van der Waals surface area contributed by atoms with Crippen LogP contribution in [0, 0.1) is 5.41 Å². The number of hydrogen-bond donors (Lipinski definition) is 1. The lowest BCUT2D eigenvalue weighted by Crippen LogP contribution is -2.51. The van der Waals surface area contributed by atoms with Crippen molar-refractivity contribution in [1.82, 2.24) is 20.0 Å². The largest absolute Gasteiger partial charge is 0.316 e. The second kappa shape index (κ2) is 5.25. The molecule has 2 saturated heterocycles. The Labute approximate surface area is 116 Å². The summed E-state index contributed by atoms with van der Waals surface area (Å²) in [6.07, 6.45) is 7.38. The van der Waals surface area contributed by atoms with Gasteiger partial charge in [0.2, 0.25) is 0 Å². The van der Waals surface area contributed by atoms with Crippen molar-refractivity contribution in [3.05, 3.63) is 18.0 Å². The van der Waals surface area contributed by atoms with Crippen LogP contribution in [0.4, 0.5) is 0 Å². The van der Waals surface area contributed by atoms with Crippen LogP contribution in [0.2, 0.25) is 0 Å². The first-order valence-corrected chi connectivity index (χ1v) is 7.63. The van der Waals surface area contributed by atoms with Crippen LogP contribution in [0.15, 0.2) is 12.3 Å². The van der Waals surface area contributed by atoms with Gasteiger partial charge < -0.3 is 5.32 Å². The molecule has 2 fully saturated rings. The van der Waals surface area contributed by atoms with E-state index in [-0.39, 0.29) is 0 Å². The van der Waals surface area contributed by atoms with E-state index in [1.807, 2.05) is 17.9 Å². The highest BCUT2D eigenvalue weighted by molar-refractivity contribution is 5.07. The molecule has 0 amide bonds. The van der Waals surface area contributed by atoms with Crippen LogP contribution in [-0.2, 0) is 7.05 Å². The maximum atomic E-state index is 4.31. The summed E-state index contributed by atoms with van der Waals surface area (Å²) in [5.41, 5.74) is 1.87. The molecule has 4 heteroatoms. The fraction of sp³-hybridized carbons (Fsp3) is 0.800. The summed E-state index contributed by atoms with van der Waals surface area (Å²) >= 11 is 0. The molecule has 106 valence electrons. The number of aromatic nitrogens is 2. The molecule has 1 N–H and O–H groups in total. The van der Waals surface area contributed by atoms with E-state index < -0.39 is 0 Å². The smallest absolute Gasteiger partial charge is 0.0549 e. The lowest BCUT2D eigenvalue weighted by Gasteiger charge is -2.47. The molecule has 0 aromatic carbocycles. The molecule has 4 nitrogen and oxygen atoms in total. The Morgan fingerprint density at radius 3 is 2.89 bits per heavy atom. The van der Waals surface area contributed by atoms with Crippen molar-refractivity contribution < 1.29 is 0 Å². The first-order valence-electron chi connectivity index (χ1n) is 7.63. The molecule has 0 saturated carbocycles. The van der Waals surface area contributed by atoms with Gasteiger partial charge in [-0.3, -0.25) is 9.58 Å². The number of piperidine rings is 2. The van der Waals surface area contributed by atoms with Crippen molar-refractivity contribution in [2.75, 3.05) is 26.2 Å². The van der Waals surface area contributed by atoms with Gasteiger partial charge >= 0.3 is 0 Å². The summed E-state index contributed by atoms with van der Waals surface area (Å²) in [6.45, 7) is 7.22. The molecular weight excluding hydrogens is 236 g/mol. The summed E-state index contributed by atoms with van der Waals surface area (Å²) in [4.78, 5) is 2.66. The Hall–Kier alpha value is -0.870. The summed E-state index contributed by atoms with van der Waals surface area (Å²) in [5, 5.41) is 7.92. The van der Waals surface area contributed by atoms with Crippen LogP contribution in [0.3, 0.4) is 0 Å². The molecule has 2 aliphatic heterocycles. The van der Waals surface area contributed by atoms with Gasteiger partial charge in [-0.2, -0.15) is 5.10 Å². The normalized spacial score (nSPS) is 30.6. The van der Waals surface area contributed by atoms with Gasteiger partial charge in [-0.05, 0) is 57.2 Å². The van der Waals surface area contributed by atoms with Gasteiger partial charge in [0.1, 0.15) is 0 Å². The Kier molecular flexibility index (Phi) is 3.63. The zero-order valence-corrected chi connectivity index (χ0v) is 12.2. The van der Waals surface area contributed by atoms with E-state index in [1.165, 1.54) is 57.6 Å². The van der Waals surface area contributed by atoms with Gasteiger partial charge in [-0.15, -0.1) is 0 Å². The zero-order chi connectivity index (χ0) is 13.3. The third kappa shape index (κ3) is 2.56. The second-order valence-electron chi connectivity index (χ2n) is 6.41. The fourth-order valence-electron chi connectivity index (χ4n) is 3.94. The fourth-order valence-corrected chi connectivity index (χ4v) is 3.94. The van der Waals surface area contributed by atoms with Crippen molar-refractivity contribution >= 4 is 0 Å². The van der Waals surface area contributed by atoms with E-state index in [0.717, 1.165) is 0 Å². The summed E-state index contributed by atoms with van der Waals surface area (Å²) in [6, 6.07) is 2.64. The van der Waals surface area contributed by atoms with E-state index >= 15 is 0 Å². The molecule has 2 aliphatic rings. The monoisotopic (exact) mass is 262 g/mol. The molecule has 1 aromatic heterocycles. The number of nitrogens with zero attached hydrogens (tertiary/aromatic N) is 3. The molecule has 0 radical (unpaired) electrons. The molecule has 3 rings (SSSR count). The highest BCUT2D eigenvalue weighted by Crippen LogP contribution is 2.38. The minimum Gasteiger partial charge on any atom is -0.316 e.